The molecule has 1 saturated heterocycles. The van der Waals surface area contributed by atoms with E-state index in [1.54, 1.807) is 0 Å². The van der Waals surface area contributed by atoms with Gasteiger partial charge in [0.15, 0.2) is 0 Å². The number of carbonyl (C=O) groups is 1. The van der Waals surface area contributed by atoms with Gasteiger partial charge in [-0.1, -0.05) is 19.8 Å². The Bertz CT molecular complexity index is 228. The molecule has 2 rings (SSSR count). The molecule has 0 spiro atoms. The van der Waals surface area contributed by atoms with E-state index in [0.29, 0.717) is 0 Å². The lowest BCUT2D eigenvalue weighted by Crippen LogP contribution is -2.39. The molecule has 0 aromatic heterocycles. The lowest BCUT2D eigenvalue weighted by molar-refractivity contribution is -0.143. The highest BCUT2D eigenvalue weighted by atomic mass is 16.4. The van der Waals surface area contributed by atoms with Crippen LogP contribution >= 0.6 is 0 Å². The first-order valence-corrected chi connectivity index (χ1v) is 6.19. The fraction of sp³-hybridized carbons (Fsp3) is 0.917. The van der Waals surface area contributed by atoms with Gasteiger partial charge in [0.25, 0.3) is 0 Å². The molecular weight excluding hydrogens is 190 g/mol. The van der Waals surface area contributed by atoms with E-state index in [-0.39, 0.29) is 6.04 Å². The molecule has 1 N–H and O–H groups in total. The largest absolute Gasteiger partial charge is 0.480 e. The maximum atomic E-state index is 11.1. The van der Waals surface area contributed by atoms with Crippen LogP contribution in [0.15, 0.2) is 0 Å². The summed E-state index contributed by atoms with van der Waals surface area (Å²) in [6, 6.07) is -0.240. The number of hydrogen-bond donors (Lipinski definition) is 1. The van der Waals surface area contributed by atoms with Gasteiger partial charge in [0.2, 0.25) is 0 Å². The first kappa shape index (κ1) is 10.9. The number of carboxylic acids is 1. The van der Waals surface area contributed by atoms with E-state index < -0.39 is 5.97 Å². The van der Waals surface area contributed by atoms with E-state index in [4.69, 9.17) is 5.11 Å². The Morgan fingerprint density at radius 1 is 1.33 bits per heavy atom. The molecule has 15 heavy (non-hydrogen) atoms. The zero-order chi connectivity index (χ0) is 10.8. The lowest BCUT2D eigenvalue weighted by Gasteiger charge is -2.23. The maximum Gasteiger partial charge on any atom is 0.320 e. The summed E-state index contributed by atoms with van der Waals surface area (Å²) in [6.45, 7) is 4.02. The third-order valence-corrected chi connectivity index (χ3v) is 4.12. The smallest absolute Gasteiger partial charge is 0.320 e. The maximum absolute atomic E-state index is 11.1. The standard InChI is InChI=1S/C12H21NO2/c1-2-11(12(14)15)13-7-9-5-3-4-6-10(9)8-13/h9-11H,2-8H2,1H3,(H,14,15). The Morgan fingerprint density at radius 3 is 2.27 bits per heavy atom. The number of nitrogens with zero attached hydrogens (tertiary/aromatic N) is 1. The summed E-state index contributed by atoms with van der Waals surface area (Å²) in [6.07, 6.45) is 6.06. The van der Waals surface area contributed by atoms with Crippen LogP contribution in [0.4, 0.5) is 0 Å². The molecular formula is C12H21NO2. The van der Waals surface area contributed by atoms with Crippen LogP contribution in [0.3, 0.4) is 0 Å². The third-order valence-electron chi connectivity index (χ3n) is 4.12. The number of aliphatic carboxylic acids is 1. The summed E-state index contributed by atoms with van der Waals surface area (Å²) in [5.41, 5.74) is 0. The Morgan fingerprint density at radius 2 is 1.87 bits per heavy atom. The molecule has 3 nitrogen and oxygen atoms in total. The van der Waals surface area contributed by atoms with Crippen LogP contribution in [0.1, 0.15) is 39.0 Å². The van der Waals surface area contributed by atoms with Crippen LogP contribution in [0, 0.1) is 11.8 Å². The van der Waals surface area contributed by atoms with Gasteiger partial charge in [-0.25, -0.2) is 0 Å². The fourth-order valence-corrected chi connectivity index (χ4v) is 3.29. The predicted molar refractivity (Wildman–Crippen MR) is 58.7 cm³/mol. The number of carboxylic acid groups (broad SMARTS) is 1. The van der Waals surface area contributed by atoms with Crippen molar-refractivity contribution in [1.29, 1.82) is 0 Å². The number of rotatable bonds is 3. The molecule has 1 aliphatic carbocycles. The minimum atomic E-state index is -0.642. The van der Waals surface area contributed by atoms with Gasteiger partial charge in [-0.15, -0.1) is 0 Å². The van der Waals surface area contributed by atoms with Crippen LogP contribution in [0.5, 0.6) is 0 Å². The minimum absolute atomic E-state index is 0.240. The molecule has 3 unspecified atom stereocenters. The Labute approximate surface area is 91.5 Å². The van der Waals surface area contributed by atoms with Crippen molar-refractivity contribution in [3.63, 3.8) is 0 Å². The second kappa shape index (κ2) is 4.52. The lowest BCUT2D eigenvalue weighted by atomic mass is 9.82. The number of fused-ring (bicyclic) bond motifs is 1. The highest BCUT2D eigenvalue weighted by Gasteiger charge is 2.38. The van der Waals surface area contributed by atoms with Gasteiger partial charge >= 0.3 is 5.97 Å². The molecule has 1 saturated carbocycles. The summed E-state index contributed by atoms with van der Waals surface area (Å²) in [4.78, 5) is 13.3. The first-order valence-electron chi connectivity index (χ1n) is 6.19. The van der Waals surface area contributed by atoms with E-state index in [2.05, 4.69) is 4.90 Å². The molecule has 2 fully saturated rings. The van der Waals surface area contributed by atoms with Crippen molar-refractivity contribution in [2.24, 2.45) is 11.8 Å². The summed E-state index contributed by atoms with van der Waals surface area (Å²) in [5.74, 6) is 0.926. The van der Waals surface area contributed by atoms with Crippen molar-refractivity contribution in [2.75, 3.05) is 13.1 Å². The van der Waals surface area contributed by atoms with E-state index in [1.807, 2.05) is 6.92 Å². The Balaban J connectivity index is 1.98. The molecule has 3 heteroatoms. The van der Waals surface area contributed by atoms with Crippen molar-refractivity contribution in [2.45, 2.75) is 45.1 Å². The molecule has 0 radical (unpaired) electrons. The predicted octanol–water partition coefficient (Wildman–Crippen LogP) is 1.97. The molecule has 0 aromatic rings. The molecule has 2 aliphatic rings. The molecule has 1 aliphatic heterocycles. The van der Waals surface area contributed by atoms with Crippen LogP contribution in [-0.4, -0.2) is 35.1 Å². The topological polar surface area (TPSA) is 40.5 Å². The molecule has 0 bridgehead atoms. The van der Waals surface area contributed by atoms with Gasteiger partial charge in [-0.05, 0) is 31.1 Å². The van der Waals surface area contributed by atoms with Gasteiger partial charge in [-0.2, -0.15) is 0 Å². The van der Waals surface area contributed by atoms with Gasteiger partial charge in [0.05, 0.1) is 0 Å². The SMILES string of the molecule is CCC(C(=O)O)N1CC2CCCCC2C1. The average molecular weight is 211 g/mol. The summed E-state index contributed by atoms with van der Waals surface area (Å²) in [5, 5.41) is 9.13. The highest BCUT2D eigenvalue weighted by Crippen LogP contribution is 2.37. The van der Waals surface area contributed by atoms with Crippen LogP contribution in [0.25, 0.3) is 0 Å². The van der Waals surface area contributed by atoms with E-state index >= 15 is 0 Å². The normalized spacial score (nSPS) is 33.7. The third kappa shape index (κ3) is 2.17. The Kier molecular flexibility index (Phi) is 3.29. The first-order chi connectivity index (χ1) is 7.22. The van der Waals surface area contributed by atoms with Crippen molar-refractivity contribution in [3.8, 4) is 0 Å². The zero-order valence-corrected chi connectivity index (χ0v) is 9.48. The average Bonchev–Trinajstić information content (AvgIpc) is 2.61. The molecule has 1 heterocycles. The van der Waals surface area contributed by atoms with Crippen molar-refractivity contribution < 1.29 is 9.90 Å². The summed E-state index contributed by atoms with van der Waals surface area (Å²) in [7, 11) is 0. The second-order valence-electron chi connectivity index (χ2n) is 5.02. The minimum Gasteiger partial charge on any atom is -0.480 e. The summed E-state index contributed by atoms with van der Waals surface area (Å²) < 4.78 is 0. The fourth-order valence-electron chi connectivity index (χ4n) is 3.29. The van der Waals surface area contributed by atoms with E-state index in [9.17, 15) is 4.79 Å². The van der Waals surface area contributed by atoms with Crippen LogP contribution in [0.2, 0.25) is 0 Å². The molecule has 86 valence electrons. The van der Waals surface area contributed by atoms with Crippen LogP contribution in [-0.2, 0) is 4.79 Å². The molecule has 0 amide bonds. The molecule has 0 aromatic carbocycles. The zero-order valence-electron chi connectivity index (χ0n) is 9.48. The van der Waals surface area contributed by atoms with Crippen molar-refractivity contribution in [1.82, 2.24) is 4.90 Å². The van der Waals surface area contributed by atoms with Crippen molar-refractivity contribution >= 4 is 5.97 Å². The van der Waals surface area contributed by atoms with E-state index in [1.165, 1.54) is 25.7 Å². The van der Waals surface area contributed by atoms with Gasteiger partial charge in [-0.3, -0.25) is 9.69 Å². The number of hydrogen-bond acceptors (Lipinski definition) is 2. The van der Waals surface area contributed by atoms with Gasteiger partial charge in [0, 0.05) is 13.1 Å². The monoisotopic (exact) mass is 211 g/mol. The van der Waals surface area contributed by atoms with Crippen molar-refractivity contribution in [3.05, 3.63) is 0 Å². The molecule has 3 atom stereocenters. The van der Waals surface area contributed by atoms with Gasteiger partial charge < -0.3 is 5.11 Å². The highest BCUT2D eigenvalue weighted by molar-refractivity contribution is 5.73. The van der Waals surface area contributed by atoms with Gasteiger partial charge in [0.1, 0.15) is 6.04 Å². The van der Waals surface area contributed by atoms with E-state index in [0.717, 1.165) is 31.3 Å². The summed E-state index contributed by atoms with van der Waals surface area (Å²) >= 11 is 0. The Hall–Kier alpha value is -0.570. The number of likely N-dealkylation sites (tertiary alicyclic amines) is 1. The second-order valence-corrected chi connectivity index (χ2v) is 5.02. The van der Waals surface area contributed by atoms with Crippen LogP contribution < -0.4 is 0 Å². The quantitative estimate of drug-likeness (QED) is 0.776.